The summed E-state index contributed by atoms with van der Waals surface area (Å²) in [5.74, 6) is -1.33. The van der Waals surface area contributed by atoms with E-state index in [1.165, 1.54) is 44.3 Å². The first-order valence-corrected chi connectivity index (χ1v) is 10.7. The van der Waals surface area contributed by atoms with Crippen molar-refractivity contribution in [3.8, 4) is 5.69 Å². The fourth-order valence-corrected chi connectivity index (χ4v) is 4.68. The molecule has 1 aliphatic rings. The van der Waals surface area contributed by atoms with Crippen LogP contribution in [0, 0.1) is 11.6 Å². The average molecular weight is 432 g/mol. The van der Waals surface area contributed by atoms with Crippen molar-refractivity contribution in [3.63, 3.8) is 0 Å². The highest BCUT2D eigenvalue weighted by Crippen LogP contribution is 2.19. The van der Waals surface area contributed by atoms with Crippen LogP contribution in [0.4, 0.5) is 8.78 Å². The molecule has 1 aliphatic heterocycles. The molecule has 0 bridgehead atoms. The number of sulfonamides is 1. The molecule has 0 radical (unpaired) electrons. The van der Waals surface area contributed by atoms with Gasteiger partial charge in [0.25, 0.3) is 5.91 Å². The number of nitrogens with zero attached hydrogens (tertiary/aromatic N) is 4. The summed E-state index contributed by atoms with van der Waals surface area (Å²) in [6.45, 7) is 0.594. The number of halogens is 2. The number of amides is 1. The summed E-state index contributed by atoms with van der Waals surface area (Å²) in [5.41, 5.74) is 0.375. The van der Waals surface area contributed by atoms with Gasteiger partial charge in [0.2, 0.25) is 10.0 Å². The van der Waals surface area contributed by atoms with Crippen LogP contribution in [-0.2, 0) is 10.0 Å². The normalized spacial score (nSPS) is 15.3. The lowest BCUT2D eigenvalue weighted by Crippen LogP contribution is -2.50. The zero-order valence-corrected chi connectivity index (χ0v) is 16.6. The van der Waals surface area contributed by atoms with E-state index in [9.17, 15) is 22.0 Å². The number of hydrogen-bond acceptors (Lipinski definition) is 4. The highest BCUT2D eigenvalue weighted by Gasteiger charge is 2.31. The van der Waals surface area contributed by atoms with E-state index in [-0.39, 0.29) is 48.4 Å². The van der Waals surface area contributed by atoms with Gasteiger partial charge in [-0.05, 0) is 42.5 Å². The number of hydrogen-bond donors (Lipinski definition) is 0. The third-order valence-corrected chi connectivity index (χ3v) is 6.80. The Balaban J connectivity index is 1.44. The van der Waals surface area contributed by atoms with Crippen LogP contribution < -0.4 is 0 Å². The summed E-state index contributed by atoms with van der Waals surface area (Å²) in [4.78, 5) is 14.3. The Bertz CT molecular complexity index is 1170. The molecule has 0 unspecified atom stereocenters. The van der Waals surface area contributed by atoms with Gasteiger partial charge < -0.3 is 4.90 Å². The summed E-state index contributed by atoms with van der Waals surface area (Å²) >= 11 is 0. The molecule has 0 spiro atoms. The molecule has 0 saturated carbocycles. The number of benzene rings is 2. The second-order valence-electron chi connectivity index (χ2n) is 6.75. The zero-order chi connectivity index (χ0) is 21.3. The molecule has 3 aromatic rings. The summed E-state index contributed by atoms with van der Waals surface area (Å²) < 4.78 is 54.9. The highest BCUT2D eigenvalue weighted by molar-refractivity contribution is 7.89. The van der Waals surface area contributed by atoms with E-state index < -0.39 is 21.7 Å². The molecule has 7 nitrogen and oxygen atoms in total. The Kier molecular flexibility index (Phi) is 5.35. The Hall–Kier alpha value is -3.11. The average Bonchev–Trinajstić information content (AvgIpc) is 3.24. The van der Waals surface area contributed by atoms with Crippen LogP contribution in [0.15, 0.2) is 65.7 Å². The predicted molar refractivity (Wildman–Crippen MR) is 105 cm³/mol. The van der Waals surface area contributed by atoms with Gasteiger partial charge in [0, 0.05) is 32.4 Å². The molecule has 156 valence electrons. The van der Waals surface area contributed by atoms with Crippen molar-refractivity contribution in [2.45, 2.75) is 4.90 Å². The van der Waals surface area contributed by atoms with E-state index in [1.54, 1.807) is 18.2 Å². The van der Waals surface area contributed by atoms with Gasteiger partial charge >= 0.3 is 0 Å². The SMILES string of the molecule is O=C(c1ccn(-c2ccccc2F)n1)N1CCN(S(=O)(=O)c2ccc(F)cc2)CC1. The summed E-state index contributed by atoms with van der Waals surface area (Å²) in [6.07, 6.45) is 1.50. The van der Waals surface area contributed by atoms with Crippen molar-refractivity contribution in [1.82, 2.24) is 19.0 Å². The lowest BCUT2D eigenvalue weighted by Gasteiger charge is -2.33. The molecule has 2 heterocycles. The molecule has 2 aromatic carbocycles. The topological polar surface area (TPSA) is 75.5 Å². The molecule has 1 aromatic heterocycles. The first kappa shape index (κ1) is 20.2. The van der Waals surface area contributed by atoms with Gasteiger partial charge in [-0.15, -0.1) is 0 Å². The maximum atomic E-state index is 13.9. The smallest absolute Gasteiger partial charge is 0.274 e. The molecule has 30 heavy (non-hydrogen) atoms. The van der Waals surface area contributed by atoms with Crippen molar-refractivity contribution in [2.75, 3.05) is 26.2 Å². The van der Waals surface area contributed by atoms with Crippen LogP contribution in [0.2, 0.25) is 0 Å². The van der Waals surface area contributed by atoms with E-state index in [0.717, 1.165) is 12.1 Å². The minimum atomic E-state index is -3.76. The van der Waals surface area contributed by atoms with E-state index in [2.05, 4.69) is 5.10 Å². The third-order valence-electron chi connectivity index (χ3n) is 4.88. The van der Waals surface area contributed by atoms with Gasteiger partial charge in [0.05, 0.1) is 4.90 Å². The number of piperazine rings is 1. The second kappa shape index (κ2) is 7.96. The van der Waals surface area contributed by atoms with E-state index >= 15 is 0 Å². The summed E-state index contributed by atoms with van der Waals surface area (Å²) in [5, 5.41) is 4.16. The first-order chi connectivity index (χ1) is 14.4. The van der Waals surface area contributed by atoms with Crippen molar-refractivity contribution >= 4 is 15.9 Å². The minimum Gasteiger partial charge on any atom is -0.335 e. The summed E-state index contributed by atoms with van der Waals surface area (Å²) in [7, 11) is -3.76. The number of carbonyl (C=O) groups excluding carboxylic acids is 1. The van der Waals surface area contributed by atoms with E-state index in [4.69, 9.17) is 0 Å². The van der Waals surface area contributed by atoms with Crippen LogP contribution in [0.25, 0.3) is 5.69 Å². The lowest BCUT2D eigenvalue weighted by molar-refractivity contribution is 0.0691. The summed E-state index contributed by atoms with van der Waals surface area (Å²) in [6, 6.07) is 12.2. The molecule has 1 amide bonds. The predicted octanol–water partition coefficient (Wildman–Crippen LogP) is 2.30. The number of carbonyl (C=O) groups is 1. The van der Waals surface area contributed by atoms with Crippen molar-refractivity contribution in [1.29, 1.82) is 0 Å². The first-order valence-electron chi connectivity index (χ1n) is 9.22. The number of rotatable bonds is 4. The van der Waals surface area contributed by atoms with Gasteiger partial charge in [-0.2, -0.15) is 9.40 Å². The minimum absolute atomic E-state index is 0.00677. The number of aromatic nitrogens is 2. The van der Waals surface area contributed by atoms with Crippen LogP contribution in [-0.4, -0.2) is 59.5 Å². The van der Waals surface area contributed by atoms with Crippen LogP contribution in [0.5, 0.6) is 0 Å². The van der Waals surface area contributed by atoms with Gasteiger partial charge in [0.15, 0.2) is 5.69 Å². The Morgan fingerprint density at radius 2 is 1.57 bits per heavy atom. The number of para-hydroxylation sites is 1. The van der Waals surface area contributed by atoms with Gasteiger partial charge in [0.1, 0.15) is 17.3 Å². The van der Waals surface area contributed by atoms with Crippen molar-refractivity contribution in [3.05, 3.63) is 78.1 Å². The van der Waals surface area contributed by atoms with E-state index in [0.29, 0.717) is 0 Å². The molecule has 0 aliphatic carbocycles. The lowest BCUT2D eigenvalue weighted by atomic mass is 10.3. The van der Waals surface area contributed by atoms with Crippen LogP contribution in [0.3, 0.4) is 0 Å². The Morgan fingerprint density at radius 3 is 2.23 bits per heavy atom. The zero-order valence-electron chi connectivity index (χ0n) is 15.8. The van der Waals surface area contributed by atoms with E-state index in [1.807, 2.05) is 0 Å². The van der Waals surface area contributed by atoms with Crippen LogP contribution in [0.1, 0.15) is 10.5 Å². The van der Waals surface area contributed by atoms with Gasteiger partial charge in [-0.1, -0.05) is 12.1 Å². The molecule has 0 atom stereocenters. The molecule has 4 rings (SSSR count). The molecule has 1 saturated heterocycles. The largest absolute Gasteiger partial charge is 0.335 e. The van der Waals surface area contributed by atoms with Crippen molar-refractivity contribution in [2.24, 2.45) is 0 Å². The molecule has 0 N–H and O–H groups in total. The molecular weight excluding hydrogens is 414 g/mol. The standard InChI is InChI=1S/C20H18F2N4O3S/c21-15-5-7-16(8-6-15)30(28,29)25-13-11-24(12-14-25)20(27)18-9-10-26(23-18)19-4-2-1-3-17(19)22/h1-10H,11-14H2. The fraction of sp³-hybridized carbons (Fsp3) is 0.200. The monoisotopic (exact) mass is 432 g/mol. The van der Waals surface area contributed by atoms with Gasteiger partial charge in [-0.3, -0.25) is 4.79 Å². The van der Waals surface area contributed by atoms with Crippen molar-refractivity contribution < 1.29 is 22.0 Å². The third kappa shape index (κ3) is 3.83. The highest BCUT2D eigenvalue weighted by atomic mass is 32.2. The fourth-order valence-electron chi connectivity index (χ4n) is 3.26. The maximum Gasteiger partial charge on any atom is 0.274 e. The molecule has 10 heteroatoms. The molecule has 1 fully saturated rings. The maximum absolute atomic E-state index is 13.9. The quantitative estimate of drug-likeness (QED) is 0.634. The Morgan fingerprint density at radius 1 is 0.900 bits per heavy atom. The van der Waals surface area contributed by atoms with Gasteiger partial charge in [-0.25, -0.2) is 21.9 Å². The molecular formula is C20H18F2N4O3S. The second-order valence-corrected chi connectivity index (χ2v) is 8.69. The Labute approximate surface area is 172 Å². The van der Waals surface area contributed by atoms with Crippen LogP contribution >= 0.6 is 0 Å².